The van der Waals surface area contributed by atoms with Gasteiger partial charge in [0.1, 0.15) is 0 Å². The first-order valence-corrected chi connectivity index (χ1v) is 9.42. The molecule has 0 aliphatic carbocycles. The van der Waals surface area contributed by atoms with Crippen LogP contribution in [0.5, 0.6) is 0 Å². The number of ether oxygens (including phenoxy) is 1. The molecule has 1 aromatic carbocycles. The van der Waals surface area contributed by atoms with Crippen molar-refractivity contribution in [1.82, 2.24) is 20.4 Å². The summed E-state index contributed by atoms with van der Waals surface area (Å²) < 4.78 is 91.1. The summed E-state index contributed by atoms with van der Waals surface area (Å²) in [6, 6.07) is 3.41. The molecule has 0 saturated carbocycles. The molecular weight excluding hydrogens is 483 g/mol. The second kappa shape index (κ2) is 10.0. The topological polar surface area (TPSA) is 118 Å². The predicted octanol–water partition coefficient (Wildman–Crippen LogP) is 2.04. The van der Waals surface area contributed by atoms with Gasteiger partial charge in [-0.1, -0.05) is 6.07 Å². The van der Waals surface area contributed by atoms with Crippen molar-refractivity contribution in [1.29, 1.82) is 0 Å². The Hall–Kier alpha value is -3.14. The van der Waals surface area contributed by atoms with Gasteiger partial charge in [-0.15, -0.1) is 0 Å². The van der Waals surface area contributed by atoms with Crippen molar-refractivity contribution in [3.63, 3.8) is 0 Å². The number of hydrogen-bond acceptors (Lipinski definition) is 6. The summed E-state index contributed by atoms with van der Waals surface area (Å²) in [5.74, 6) is -6.80. The van der Waals surface area contributed by atoms with Gasteiger partial charge in [0, 0.05) is 38.2 Å². The number of fused-ring (bicyclic) bond motifs is 1. The van der Waals surface area contributed by atoms with Gasteiger partial charge in [-0.2, -0.15) is 35.8 Å². The number of aromatic nitrogens is 2. The molecule has 3 rings (SSSR count). The van der Waals surface area contributed by atoms with Crippen LogP contribution in [-0.2, 0) is 27.2 Å². The zero-order chi connectivity index (χ0) is 25.9. The van der Waals surface area contributed by atoms with Crippen molar-refractivity contribution < 1.29 is 50.2 Å². The van der Waals surface area contributed by atoms with E-state index in [0.717, 1.165) is 12.1 Å². The third-order valence-electron chi connectivity index (χ3n) is 4.67. The van der Waals surface area contributed by atoms with E-state index in [1.54, 1.807) is 7.05 Å². The average molecular weight is 503 g/mol. The number of carboxylic acid groups (broad SMARTS) is 1. The van der Waals surface area contributed by atoms with E-state index >= 15 is 0 Å². The van der Waals surface area contributed by atoms with Gasteiger partial charge in [0.15, 0.2) is 5.82 Å². The second-order valence-corrected chi connectivity index (χ2v) is 7.08. The maximum Gasteiger partial charge on any atom is 0.490 e. The zero-order valence-corrected chi connectivity index (χ0v) is 17.6. The summed E-state index contributed by atoms with van der Waals surface area (Å²) in [5, 5.41) is 20.1. The molecule has 9 nitrogen and oxygen atoms in total. The summed E-state index contributed by atoms with van der Waals surface area (Å²) in [7, 11) is 2.25. The predicted molar refractivity (Wildman–Crippen MR) is 104 cm³/mol. The van der Waals surface area contributed by atoms with Crippen LogP contribution in [0.2, 0.25) is 0 Å². The molecule has 1 aliphatic heterocycles. The van der Waals surface area contributed by atoms with Gasteiger partial charge < -0.3 is 25.8 Å². The third-order valence-corrected chi connectivity index (χ3v) is 4.67. The van der Waals surface area contributed by atoms with Crippen LogP contribution >= 0.6 is 0 Å². The quantitative estimate of drug-likeness (QED) is 0.446. The molecule has 1 amide bonds. The normalized spacial score (nSPS) is 16.1. The third kappa shape index (κ3) is 6.05. The number of benzene rings is 1. The summed E-state index contributed by atoms with van der Waals surface area (Å²) in [4.78, 5) is 20.8. The molecule has 190 valence electrons. The van der Waals surface area contributed by atoms with Gasteiger partial charge in [0.2, 0.25) is 5.91 Å². The molecule has 0 radical (unpaired) electrons. The molecule has 1 unspecified atom stereocenters. The highest BCUT2D eigenvalue weighted by Gasteiger charge is 2.58. The van der Waals surface area contributed by atoms with Gasteiger partial charge in [0.25, 0.3) is 0 Å². The minimum absolute atomic E-state index is 0.0621. The zero-order valence-electron chi connectivity index (χ0n) is 17.6. The van der Waals surface area contributed by atoms with Crippen LogP contribution in [0.3, 0.4) is 0 Å². The lowest BCUT2D eigenvalue weighted by Crippen LogP contribution is -2.57. The number of nitrogens with zero attached hydrogens (tertiary/aromatic N) is 2. The number of amides is 1. The number of rotatable bonds is 6. The van der Waals surface area contributed by atoms with E-state index in [4.69, 9.17) is 9.90 Å². The van der Waals surface area contributed by atoms with E-state index in [1.807, 2.05) is 0 Å². The van der Waals surface area contributed by atoms with Crippen molar-refractivity contribution >= 4 is 28.6 Å². The first-order chi connectivity index (χ1) is 15.6. The van der Waals surface area contributed by atoms with Crippen LogP contribution in [-0.4, -0.2) is 71.9 Å². The van der Waals surface area contributed by atoms with E-state index < -0.39 is 29.7 Å². The van der Waals surface area contributed by atoms with Gasteiger partial charge in [-0.25, -0.2) is 4.79 Å². The van der Waals surface area contributed by atoms with Crippen LogP contribution in [0.25, 0.3) is 10.9 Å². The molecule has 34 heavy (non-hydrogen) atoms. The van der Waals surface area contributed by atoms with E-state index in [0.29, 0.717) is 25.7 Å². The van der Waals surface area contributed by atoms with Crippen molar-refractivity contribution in [3.8, 4) is 0 Å². The molecule has 1 aromatic heterocycles. The lowest BCUT2D eigenvalue weighted by atomic mass is 10.0. The van der Waals surface area contributed by atoms with Crippen molar-refractivity contribution in [2.45, 2.75) is 24.2 Å². The number of nitrogens with one attached hydrogen (secondary N) is 3. The highest BCUT2D eigenvalue weighted by Crippen LogP contribution is 2.44. The molecule has 1 saturated heterocycles. The lowest BCUT2D eigenvalue weighted by Gasteiger charge is -2.27. The summed E-state index contributed by atoms with van der Waals surface area (Å²) in [6.45, 7) is 1.26. The Morgan fingerprint density at radius 3 is 2.24 bits per heavy atom. The van der Waals surface area contributed by atoms with Crippen LogP contribution < -0.4 is 16.0 Å². The van der Waals surface area contributed by atoms with Crippen LogP contribution in [0.4, 0.5) is 36.6 Å². The van der Waals surface area contributed by atoms with E-state index in [1.165, 1.54) is 10.7 Å². The molecule has 1 fully saturated rings. The van der Waals surface area contributed by atoms with Gasteiger partial charge >= 0.3 is 24.2 Å². The van der Waals surface area contributed by atoms with Gasteiger partial charge in [-0.05, 0) is 12.1 Å². The Bertz CT molecular complexity index is 1040. The Kier molecular flexibility index (Phi) is 7.98. The minimum atomic E-state index is -5.25. The number of anilines is 1. The van der Waals surface area contributed by atoms with Gasteiger partial charge in [0.05, 0.1) is 18.1 Å². The highest BCUT2D eigenvalue weighted by atomic mass is 19.4. The molecule has 1 aliphatic rings. The molecule has 2 aromatic rings. The Morgan fingerprint density at radius 2 is 1.79 bits per heavy atom. The monoisotopic (exact) mass is 503 g/mol. The Balaban J connectivity index is 0.000000509. The van der Waals surface area contributed by atoms with Crippen molar-refractivity contribution in [2.24, 2.45) is 7.05 Å². The number of alkyl halides is 7. The van der Waals surface area contributed by atoms with Crippen LogP contribution in [0.1, 0.15) is 5.56 Å². The number of carboxylic acids is 1. The summed E-state index contributed by atoms with van der Waals surface area (Å²) >= 11 is 0. The lowest BCUT2D eigenvalue weighted by molar-refractivity contribution is -0.333. The molecule has 1 atom stereocenters. The minimum Gasteiger partial charge on any atom is -0.475 e. The first kappa shape index (κ1) is 27.1. The van der Waals surface area contributed by atoms with E-state index in [9.17, 15) is 35.5 Å². The number of aliphatic carboxylic acids is 1. The fourth-order valence-electron chi connectivity index (χ4n) is 2.83. The molecule has 0 spiro atoms. The average Bonchev–Trinajstić information content (AvgIpc) is 3.02. The molecule has 4 N–H and O–H groups in total. The molecule has 2 heterocycles. The van der Waals surface area contributed by atoms with Gasteiger partial charge in [-0.3, -0.25) is 9.48 Å². The van der Waals surface area contributed by atoms with Crippen LogP contribution in [0.15, 0.2) is 18.2 Å². The first-order valence-electron chi connectivity index (χ1n) is 9.42. The fraction of sp³-hybridized carbons (Fsp3) is 0.500. The Morgan fingerprint density at radius 1 is 1.21 bits per heavy atom. The second-order valence-electron chi connectivity index (χ2n) is 7.08. The molecular formula is C18H20F7N5O4. The summed E-state index contributed by atoms with van der Waals surface area (Å²) in [6.07, 6.45) is -10.3. The number of carbonyl (C=O) groups is 2. The van der Waals surface area contributed by atoms with Crippen molar-refractivity contribution in [3.05, 3.63) is 23.8 Å². The number of carbonyl (C=O) groups excluding carboxylic acids is 1. The number of hydrogen-bond donors (Lipinski definition) is 4. The Labute approximate surface area is 187 Å². The van der Waals surface area contributed by atoms with Crippen LogP contribution in [0, 0.1) is 0 Å². The maximum atomic E-state index is 14.5. The maximum absolute atomic E-state index is 14.5. The highest BCUT2D eigenvalue weighted by molar-refractivity contribution is 5.92. The molecule has 16 heteroatoms. The smallest absolute Gasteiger partial charge is 0.475 e. The molecule has 0 bridgehead atoms. The van der Waals surface area contributed by atoms with E-state index in [2.05, 4.69) is 25.8 Å². The van der Waals surface area contributed by atoms with Crippen molar-refractivity contribution in [2.75, 3.05) is 32.1 Å². The standard InChI is InChI=1S/C16H19F4N5O2.C2HF3O2/c1-25-12-4-3-9(15(17,27-2)16(18,19)20)5-11(12)14(24-25)22-8-13(26)23-10-6-21-7-10;3-2(4,5)1(6)7/h3-5,10,21H,6-8H2,1-2H3,(H,22,24)(H,23,26);(H,6,7). The number of methoxy groups -OCH3 is 1. The fourth-order valence-corrected chi connectivity index (χ4v) is 2.83. The number of halogens is 7. The SMILES string of the molecule is COC(F)(c1ccc2c(c1)c(NCC(=O)NC1CNC1)nn2C)C(F)(F)F.O=C(O)C(F)(F)F. The van der Waals surface area contributed by atoms with E-state index in [-0.39, 0.29) is 29.7 Å². The number of aryl methyl sites for hydroxylation is 1. The largest absolute Gasteiger partial charge is 0.490 e. The summed E-state index contributed by atoms with van der Waals surface area (Å²) in [5.41, 5.74) is -0.225.